The molecule has 1 aliphatic carbocycles. The monoisotopic (exact) mass is 86.1 g/mol. The van der Waals surface area contributed by atoms with Gasteiger partial charge in [0.15, 0.2) is 0 Å². The molecule has 0 radical (unpaired) electrons. The Bertz CT molecular complexity index is 45.9. The maximum Gasteiger partial charge on any atom is 0.0843 e. The number of hydrogen-bond donors (Lipinski definition) is 1. The van der Waals surface area contributed by atoms with E-state index >= 15 is 0 Å². The van der Waals surface area contributed by atoms with Crippen LogP contribution in [0.4, 0.5) is 0 Å². The summed E-state index contributed by atoms with van der Waals surface area (Å²) in [5, 5.41) is 0. The third kappa shape index (κ3) is 0.716. The highest BCUT2D eigenvalue weighted by Crippen LogP contribution is 2.30. The summed E-state index contributed by atoms with van der Waals surface area (Å²) < 4.78 is 0. The first-order valence-electron chi connectivity index (χ1n) is 2.64. The van der Waals surface area contributed by atoms with Gasteiger partial charge in [0.1, 0.15) is 0 Å². The van der Waals surface area contributed by atoms with Crippen molar-refractivity contribution in [2.75, 3.05) is 0 Å². The molecule has 0 bridgehead atoms. The second kappa shape index (κ2) is 1.23. The Morgan fingerprint density at radius 3 is 2.17 bits per heavy atom. The smallest absolute Gasteiger partial charge is 0.0843 e. The Hall–Kier alpha value is -0.0400. The minimum absolute atomic E-state index is 0.713. The lowest BCUT2D eigenvalue weighted by Gasteiger charge is -1.91. The Morgan fingerprint density at radius 2 is 2.17 bits per heavy atom. The molecule has 3 N–H and O–H groups in total. The van der Waals surface area contributed by atoms with E-state index in [0.717, 1.165) is 5.92 Å². The molecule has 1 rings (SSSR count). The molecule has 0 aromatic rings. The van der Waals surface area contributed by atoms with Gasteiger partial charge >= 0.3 is 0 Å². The van der Waals surface area contributed by atoms with Crippen LogP contribution in [0.1, 0.15) is 19.8 Å². The van der Waals surface area contributed by atoms with Gasteiger partial charge in [0.2, 0.25) is 0 Å². The van der Waals surface area contributed by atoms with E-state index in [1.54, 1.807) is 0 Å². The zero-order chi connectivity index (χ0) is 4.57. The Labute approximate surface area is 38.5 Å². The van der Waals surface area contributed by atoms with Crippen LogP contribution in [0.3, 0.4) is 0 Å². The van der Waals surface area contributed by atoms with Crippen molar-refractivity contribution in [2.24, 2.45) is 5.92 Å². The van der Waals surface area contributed by atoms with E-state index in [9.17, 15) is 0 Å². The maximum absolute atomic E-state index is 3.90. The van der Waals surface area contributed by atoms with Gasteiger partial charge in [-0.05, 0) is 19.8 Å². The fourth-order valence-electron chi connectivity index (χ4n) is 0.665. The van der Waals surface area contributed by atoms with Crippen molar-refractivity contribution < 1.29 is 5.73 Å². The molecule has 0 saturated heterocycles. The molecule has 36 valence electrons. The van der Waals surface area contributed by atoms with Gasteiger partial charge in [-0.2, -0.15) is 0 Å². The quantitative estimate of drug-likeness (QED) is 0.466. The summed E-state index contributed by atoms with van der Waals surface area (Å²) in [7, 11) is 0. The zero-order valence-corrected chi connectivity index (χ0v) is 4.28. The molecule has 1 saturated carbocycles. The first-order chi connectivity index (χ1) is 2.80. The molecule has 0 aromatic carbocycles. The molecule has 1 atom stereocenters. The van der Waals surface area contributed by atoms with Gasteiger partial charge < -0.3 is 5.73 Å². The summed E-state index contributed by atoms with van der Waals surface area (Å²) >= 11 is 0. The third-order valence-electron chi connectivity index (χ3n) is 1.43. The van der Waals surface area contributed by atoms with Crippen LogP contribution in [0.25, 0.3) is 0 Å². The first kappa shape index (κ1) is 4.13. The van der Waals surface area contributed by atoms with E-state index in [2.05, 4.69) is 12.7 Å². The molecule has 0 unspecified atom stereocenters. The highest BCUT2D eigenvalue weighted by atomic mass is 14.7. The minimum Gasteiger partial charge on any atom is -0.355 e. The highest BCUT2D eigenvalue weighted by Gasteiger charge is 2.27. The van der Waals surface area contributed by atoms with Crippen molar-refractivity contribution in [3.8, 4) is 0 Å². The normalized spacial score (nSPS) is 27.0. The van der Waals surface area contributed by atoms with Gasteiger partial charge in [0, 0.05) is 5.92 Å². The standard InChI is InChI=1S/C5H11N/c1-4(6)5-2-3-5/h4-5H,2-3,6H2,1H3/p+1/t4-/m0/s1. The molecule has 0 amide bonds. The third-order valence-corrected chi connectivity index (χ3v) is 1.43. The molecule has 1 heteroatoms. The second-order valence-corrected chi connectivity index (χ2v) is 2.31. The summed E-state index contributed by atoms with van der Waals surface area (Å²) in [6, 6.07) is 0.713. The predicted molar refractivity (Wildman–Crippen MR) is 25.1 cm³/mol. The molecular weight excluding hydrogens is 74.1 g/mol. The van der Waals surface area contributed by atoms with Gasteiger partial charge in [-0.25, -0.2) is 0 Å². The fraction of sp³-hybridized carbons (Fsp3) is 1.00. The van der Waals surface area contributed by atoms with Crippen molar-refractivity contribution in [3.63, 3.8) is 0 Å². The summed E-state index contributed by atoms with van der Waals surface area (Å²) in [5.41, 5.74) is 3.90. The molecule has 1 nitrogen and oxygen atoms in total. The van der Waals surface area contributed by atoms with Gasteiger partial charge in [0.05, 0.1) is 6.04 Å². The molecule has 0 aromatic heterocycles. The van der Waals surface area contributed by atoms with Crippen LogP contribution in [0, 0.1) is 5.92 Å². The molecule has 1 fully saturated rings. The van der Waals surface area contributed by atoms with E-state index in [0.29, 0.717) is 6.04 Å². The van der Waals surface area contributed by atoms with Crippen LogP contribution in [0.2, 0.25) is 0 Å². The SMILES string of the molecule is C[C@H]([NH3+])C1CC1. The topological polar surface area (TPSA) is 27.6 Å². The largest absolute Gasteiger partial charge is 0.355 e. The van der Waals surface area contributed by atoms with Crippen LogP contribution in [0.5, 0.6) is 0 Å². The van der Waals surface area contributed by atoms with Gasteiger partial charge in [-0.3, -0.25) is 0 Å². The van der Waals surface area contributed by atoms with Gasteiger partial charge in [-0.15, -0.1) is 0 Å². The van der Waals surface area contributed by atoms with E-state index in [1.165, 1.54) is 12.8 Å². The Morgan fingerprint density at radius 1 is 1.67 bits per heavy atom. The number of rotatable bonds is 1. The summed E-state index contributed by atoms with van der Waals surface area (Å²) in [6.45, 7) is 2.19. The lowest BCUT2D eigenvalue weighted by Crippen LogP contribution is -2.60. The van der Waals surface area contributed by atoms with Crippen LogP contribution >= 0.6 is 0 Å². The fourth-order valence-corrected chi connectivity index (χ4v) is 0.665. The maximum atomic E-state index is 3.90. The van der Waals surface area contributed by atoms with Crippen LogP contribution in [-0.4, -0.2) is 6.04 Å². The molecule has 1 aliphatic rings. The number of hydrogen-bond acceptors (Lipinski definition) is 0. The Kier molecular flexibility index (Phi) is 0.845. The number of quaternary nitrogens is 1. The average Bonchev–Trinajstić information content (AvgIpc) is 2.06. The highest BCUT2D eigenvalue weighted by molar-refractivity contribution is 4.76. The van der Waals surface area contributed by atoms with Crippen LogP contribution in [-0.2, 0) is 0 Å². The summed E-state index contributed by atoms with van der Waals surface area (Å²) in [5.74, 6) is 0.991. The van der Waals surface area contributed by atoms with Crippen molar-refractivity contribution in [3.05, 3.63) is 0 Å². The van der Waals surface area contributed by atoms with Crippen molar-refractivity contribution in [1.29, 1.82) is 0 Å². The lowest BCUT2D eigenvalue weighted by atomic mass is 10.2. The summed E-state index contributed by atoms with van der Waals surface area (Å²) in [4.78, 5) is 0. The van der Waals surface area contributed by atoms with E-state index in [4.69, 9.17) is 0 Å². The Balaban J connectivity index is 2.13. The van der Waals surface area contributed by atoms with Crippen LogP contribution < -0.4 is 5.73 Å². The average molecular weight is 86.2 g/mol. The predicted octanol–water partition coefficient (Wildman–Crippen LogP) is 0.0268. The molecule has 0 spiro atoms. The van der Waals surface area contributed by atoms with Crippen molar-refractivity contribution >= 4 is 0 Å². The van der Waals surface area contributed by atoms with Crippen LogP contribution in [0.15, 0.2) is 0 Å². The van der Waals surface area contributed by atoms with Gasteiger partial charge in [0.25, 0.3) is 0 Å². The first-order valence-corrected chi connectivity index (χ1v) is 2.64. The lowest BCUT2D eigenvalue weighted by molar-refractivity contribution is -0.419. The van der Waals surface area contributed by atoms with Gasteiger partial charge in [-0.1, -0.05) is 0 Å². The zero-order valence-electron chi connectivity index (χ0n) is 4.28. The summed E-state index contributed by atoms with van der Waals surface area (Å²) in [6.07, 6.45) is 2.87. The molecule has 0 heterocycles. The van der Waals surface area contributed by atoms with E-state index in [-0.39, 0.29) is 0 Å². The van der Waals surface area contributed by atoms with E-state index < -0.39 is 0 Å². The molecule has 0 aliphatic heterocycles. The second-order valence-electron chi connectivity index (χ2n) is 2.31. The van der Waals surface area contributed by atoms with Crippen molar-refractivity contribution in [2.45, 2.75) is 25.8 Å². The van der Waals surface area contributed by atoms with Crippen molar-refractivity contribution in [1.82, 2.24) is 0 Å². The molecule has 6 heavy (non-hydrogen) atoms. The molecular formula is C5H12N+. The van der Waals surface area contributed by atoms with E-state index in [1.807, 2.05) is 0 Å². The minimum atomic E-state index is 0.713.